The number of carbonyl (C=O) groups excluding carboxylic acids is 1. The summed E-state index contributed by atoms with van der Waals surface area (Å²) in [6.45, 7) is 5.66. The monoisotopic (exact) mass is 425 g/mol. The van der Waals surface area contributed by atoms with Gasteiger partial charge in [0.15, 0.2) is 0 Å². The number of halogens is 2. The molecule has 1 aromatic heterocycles. The molecule has 0 spiro atoms. The fraction of sp³-hybridized carbons (Fsp3) is 0.450. The van der Waals surface area contributed by atoms with Crippen molar-refractivity contribution in [2.24, 2.45) is 5.73 Å². The van der Waals surface area contributed by atoms with E-state index >= 15 is 0 Å². The smallest absolute Gasteiger partial charge is 0.222 e. The number of aromatic nitrogens is 2. The van der Waals surface area contributed by atoms with Crippen LogP contribution in [0.15, 0.2) is 36.4 Å². The SMILES string of the molecule is Cc1cc(N2CCC(NC(=O)CC(N)c3ccccc3)CC2)nc(C)n1.Cl.Cl. The maximum atomic E-state index is 12.3. The molecule has 3 rings (SSSR count). The first kappa shape index (κ1) is 24.1. The zero-order valence-corrected chi connectivity index (χ0v) is 17.9. The second kappa shape index (κ2) is 11.2. The van der Waals surface area contributed by atoms with Crippen LogP contribution in [0.1, 0.15) is 42.4 Å². The summed E-state index contributed by atoms with van der Waals surface area (Å²) in [5, 5.41) is 3.14. The third kappa shape index (κ3) is 6.62. The molecule has 1 unspecified atom stereocenters. The lowest BCUT2D eigenvalue weighted by Gasteiger charge is -2.33. The van der Waals surface area contributed by atoms with E-state index < -0.39 is 0 Å². The van der Waals surface area contributed by atoms with Gasteiger partial charge in [-0.05, 0) is 32.3 Å². The van der Waals surface area contributed by atoms with Gasteiger partial charge in [0.1, 0.15) is 11.6 Å². The van der Waals surface area contributed by atoms with E-state index in [-0.39, 0.29) is 42.8 Å². The molecule has 1 fully saturated rings. The average molecular weight is 426 g/mol. The Morgan fingerprint density at radius 2 is 1.82 bits per heavy atom. The van der Waals surface area contributed by atoms with Gasteiger partial charge in [-0.2, -0.15) is 0 Å². The van der Waals surface area contributed by atoms with Crippen LogP contribution in [0, 0.1) is 13.8 Å². The molecule has 3 N–H and O–H groups in total. The molecule has 28 heavy (non-hydrogen) atoms. The minimum atomic E-state index is -0.261. The third-order valence-corrected chi connectivity index (χ3v) is 4.77. The largest absolute Gasteiger partial charge is 0.356 e. The number of nitrogens with zero attached hydrogens (tertiary/aromatic N) is 3. The molecule has 1 aromatic carbocycles. The second-order valence-corrected chi connectivity index (χ2v) is 6.96. The first-order valence-corrected chi connectivity index (χ1v) is 9.18. The summed E-state index contributed by atoms with van der Waals surface area (Å²) in [7, 11) is 0. The van der Waals surface area contributed by atoms with Crippen LogP contribution >= 0.6 is 24.8 Å². The first-order chi connectivity index (χ1) is 12.5. The molecule has 2 aromatic rings. The minimum absolute atomic E-state index is 0. The summed E-state index contributed by atoms with van der Waals surface area (Å²) < 4.78 is 0. The fourth-order valence-corrected chi connectivity index (χ4v) is 3.42. The molecule has 8 heteroatoms. The number of amides is 1. The van der Waals surface area contributed by atoms with E-state index in [9.17, 15) is 4.79 Å². The quantitative estimate of drug-likeness (QED) is 0.768. The van der Waals surface area contributed by atoms with Crippen LogP contribution < -0.4 is 16.0 Å². The normalized spacial score (nSPS) is 15.2. The maximum absolute atomic E-state index is 12.3. The van der Waals surface area contributed by atoms with Crippen molar-refractivity contribution in [1.82, 2.24) is 15.3 Å². The third-order valence-electron chi connectivity index (χ3n) is 4.77. The molecular weight excluding hydrogens is 397 g/mol. The number of carbonyl (C=O) groups is 1. The van der Waals surface area contributed by atoms with Crippen molar-refractivity contribution >= 4 is 36.5 Å². The Labute approximate surface area is 179 Å². The van der Waals surface area contributed by atoms with Gasteiger partial charge >= 0.3 is 0 Å². The van der Waals surface area contributed by atoms with Crippen molar-refractivity contribution < 1.29 is 4.79 Å². The van der Waals surface area contributed by atoms with Crippen LogP contribution in [0.2, 0.25) is 0 Å². The topological polar surface area (TPSA) is 84.1 Å². The number of benzene rings is 1. The van der Waals surface area contributed by atoms with Gasteiger partial charge in [0.25, 0.3) is 0 Å². The average Bonchev–Trinajstić information content (AvgIpc) is 2.62. The highest BCUT2D eigenvalue weighted by Crippen LogP contribution is 2.19. The molecule has 1 aliphatic rings. The van der Waals surface area contributed by atoms with Crippen LogP contribution in [0.4, 0.5) is 5.82 Å². The summed E-state index contributed by atoms with van der Waals surface area (Å²) in [5.74, 6) is 1.80. The van der Waals surface area contributed by atoms with Crippen molar-refractivity contribution in [2.75, 3.05) is 18.0 Å². The Bertz CT molecular complexity index is 731. The first-order valence-electron chi connectivity index (χ1n) is 9.18. The standard InChI is InChI=1S/C20H27N5O.2ClH/c1-14-12-19(23-15(2)22-14)25-10-8-17(9-11-25)24-20(26)13-18(21)16-6-4-3-5-7-16;;/h3-7,12,17-18H,8-11,13,21H2,1-2H3,(H,24,26);2*1H. The van der Waals surface area contributed by atoms with E-state index in [1.54, 1.807) is 0 Å². The van der Waals surface area contributed by atoms with E-state index in [2.05, 4.69) is 20.2 Å². The van der Waals surface area contributed by atoms with Gasteiger partial charge in [0.2, 0.25) is 5.91 Å². The second-order valence-electron chi connectivity index (χ2n) is 6.96. The number of piperidine rings is 1. The van der Waals surface area contributed by atoms with Crippen LogP contribution in [0.25, 0.3) is 0 Å². The molecule has 0 bridgehead atoms. The van der Waals surface area contributed by atoms with Crippen LogP contribution in [-0.2, 0) is 4.79 Å². The molecule has 1 atom stereocenters. The minimum Gasteiger partial charge on any atom is -0.356 e. The van der Waals surface area contributed by atoms with E-state index in [4.69, 9.17) is 5.73 Å². The highest BCUT2D eigenvalue weighted by molar-refractivity contribution is 5.85. The van der Waals surface area contributed by atoms with Crippen molar-refractivity contribution in [3.05, 3.63) is 53.5 Å². The summed E-state index contributed by atoms with van der Waals surface area (Å²) in [5.41, 5.74) is 8.12. The maximum Gasteiger partial charge on any atom is 0.222 e. The highest BCUT2D eigenvalue weighted by atomic mass is 35.5. The molecule has 1 saturated heterocycles. The Morgan fingerprint density at radius 3 is 2.43 bits per heavy atom. The summed E-state index contributed by atoms with van der Waals surface area (Å²) in [6, 6.07) is 11.7. The highest BCUT2D eigenvalue weighted by Gasteiger charge is 2.22. The van der Waals surface area contributed by atoms with Gasteiger partial charge in [-0.25, -0.2) is 9.97 Å². The molecule has 154 valence electrons. The number of rotatable bonds is 5. The molecule has 6 nitrogen and oxygen atoms in total. The molecule has 0 aliphatic carbocycles. The Hall–Kier alpha value is -1.89. The number of aryl methyl sites for hydroxylation is 2. The lowest BCUT2D eigenvalue weighted by atomic mass is 10.0. The molecular formula is C20H29Cl2N5O. The van der Waals surface area contributed by atoms with Gasteiger partial charge in [0, 0.05) is 43.4 Å². The van der Waals surface area contributed by atoms with Gasteiger partial charge in [0.05, 0.1) is 0 Å². The predicted molar refractivity (Wildman–Crippen MR) is 117 cm³/mol. The number of hydrogen-bond acceptors (Lipinski definition) is 5. The molecule has 0 saturated carbocycles. The molecule has 1 aliphatic heterocycles. The van der Waals surface area contributed by atoms with Gasteiger partial charge in [-0.3, -0.25) is 4.79 Å². The Morgan fingerprint density at radius 1 is 1.18 bits per heavy atom. The summed E-state index contributed by atoms with van der Waals surface area (Å²) >= 11 is 0. The van der Waals surface area contributed by atoms with Gasteiger partial charge < -0.3 is 16.0 Å². The predicted octanol–water partition coefficient (Wildman–Crippen LogP) is 3.11. The number of nitrogens with one attached hydrogen (secondary N) is 1. The molecule has 2 heterocycles. The van der Waals surface area contributed by atoms with Crippen molar-refractivity contribution in [3.63, 3.8) is 0 Å². The Kier molecular flexibility index (Phi) is 9.65. The van der Waals surface area contributed by atoms with Gasteiger partial charge in [-0.15, -0.1) is 24.8 Å². The van der Waals surface area contributed by atoms with Crippen LogP contribution in [0.3, 0.4) is 0 Å². The zero-order chi connectivity index (χ0) is 18.5. The molecule has 1 amide bonds. The van der Waals surface area contributed by atoms with E-state index in [1.807, 2.05) is 50.2 Å². The number of nitrogens with two attached hydrogens (primary N) is 1. The number of anilines is 1. The number of hydrogen-bond donors (Lipinski definition) is 2. The van der Waals surface area contributed by atoms with E-state index in [0.717, 1.165) is 48.8 Å². The fourth-order valence-electron chi connectivity index (χ4n) is 3.42. The van der Waals surface area contributed by atoms with Crippen molar-refractivity contribution in [1.29, 1.82) is 0 Å². The summed E-state index contributed by atoms with van der Waals surface area (Å²) in [6.07, 6.45) is 2.14. The van der Waals surface area contributed by atoms with Crippen LogP contribution in [0.5, 0.6) is 0 Å². The zero-order valence-electron chi connectivity index (χ0n) is 16.3. The summed E-state index contributed by atoms with van der Waals surface area (Å²) in [4.78, 5) is 23.4. The van der Waals surface area contributed by atoms with Crippen molar-refractivity contribution in [3.8, 4) is 0 Å². The van der Waals surface area contributed by atoms with Crippen molar-refractivity contribution in [2.45, 2.75) is 45.2 Å². The van der Waals surface area contributed by atoms with E-state index in [1.165, 1.54) is 0 Å². The van der Waals surface area contributed by atoms with Gasteiger partial charge in [-0.1, -0.05) is 30.3 Å². The lowest BCUT2D eigenvalue weighted by molar-refractivity contribution is -0.122. The van der Waals surface area contributed by atoms with Crippen LogP contribution in [-0.4, -0.2) is 35.0 Å². The van der Waals surface area contributed by atoms with E-state index in [0.29, 0.717) is 6.42 Å². The lowest BCUT2D eigenvalue weighted by Crippen LogP contribution is -2.45. The Balaban J connectivity index is 0.00000196. The molecule has 0 radical (unpaired) electrons.